The van der Waals surface area contributed by atoms with Gasteiger partial charge in [0.15, 0.2) is 5.78 Å². The van der Waals surface area contributed by atoms with Gasteiger partial charge in [0.25, 0.3) is 5.91 Å². The minimum absolute atomic E-state index is 0.0614. The van der Waals surface area contributed by atoms with Gasteiger partial charge in [0.1, 0.15) is 11.4 Å². The van der Waals surface area contributed by atoms with Crippen LogP contribution in [0.1, 0.15) is 78.5 Å². The maximum absolute atomic E-state index is 13.0. The third-order valence-electron chi connectivity index (χ3n) is 5.57. The highest BCUT2D eigenvalue weighted by Gasteiger charge is 2.26. The van der Waals surface area contributed by atoms with E-state index in [0.29, 0.717) is 17.8 Å². The number of rotatable bonds is 7. The molecule has 1 aliphatic carbocycles. The van der Waals surface area contributed by atoms with Crippen LogP contribution in [0, 0.1) is 0 Å². The van der Waals surface area contributed by atoms with Crippen molar-refractivity contribution in [3.63, 3.8) is 0 Å². The maximum Gasteiger partial charge on any atom is 0.269 e. The molecule has 6 heteroatoms. The molecule has 0 saturated heterocycles. The van der Waals surface area contributed by atoms with Gasteiger partial charge in [-0.3, -0.25) is 14.3 Å². The number of Topliss-reactive ketones (excluding diaryl/α,β-unsaturated/α-hetero) is 1. The van der Waals surface area contributed by atoms with E-state index in [4.69, 9.17) is 4.74 Å². The molecule has 1 atom stereocenters. The molecule has 6 nitrogen and oxygen atoms in total. The molecule has 0 spiro atoms. The standard InChI is InChI=1S/C22H29N3O3/c1-4-21(26)19-14-20(22(27)23-17-10-12-18(28-3)13-11-17)25(24-19)15(2)16-8-6-5-7-9-16/h5-9,14-15,17-18H,4,10-13H2,1-3H3,(H,23,27)/t15-,17?,18?/m0/s1. The van der Waals surface area contributed by atoms with Crippen LogP contribution in [-0.4, -0.2) is 40.7 Å². The Balaban J connectivity index is 1.83. The van der Waals surface area contributed by atoms with E-state index >= 15 is 0 Å². The van der Waals surface area contributed by atoms with Gasteiger partial charge in [0, 0.05) is 25.6 Å². The number of methoxy groups -OCH3 is 1. The zero-order valence-corrected chi connectivity index (χ0v) is 16.9. The Labute approximate surface area is 166 Å². The topological polar surface area (TPSA) is 73.2 Å². The Hall–Kier alpha value is -2.47. The van der Waals surface area contributed by atoms with Crippen LogP contribution in [0.15, 0.2) is 36.4 Å². The van der Waals surface area contributed by atoms with E-state index < -0.39 is 0 Å². The lowest BCUT2D eigenvalue weighted by molar-refractivity contribution is 0.0597. The second-order valence-electron chi connectivity index (χ2n) is 7.41. The number of hydrogen-bond acceptors (Lipinski definition) is 4. The van der Waals surface area contributed by atoms with Gasteiger partial charge >= 0.3 is 0 Å². The first-order valence-electron chi connectivity index (χ1n) is 10.0. The normalized spacial score (nSPS) is 20.5. The van der Waals surface area contributed by atoms with Crippen molar-refractivity contribution in [1.29, 1.82) is 0 Å². The molecule has 1 fully saturated rings. The molecule has 0 aliphatic heterocycles. The van der Waals surface area contributed by atoms with Gasteiger partial charge in [-0.15, -0.1) is 0 Å². The zero-order valence-electron chi connectivity index (χ0n) is 16.9. The molecule has 1 aliphatic rings. The number of carbonyl (C=O) groups excluding carboxylic acids is 2. The van der Waals surface area contributed by atoms with Crippen LogP contribution in [0.2, 0.25) is 0 Å². The summed E-state index contributed by atoms with van der Waals surface area (Å²) in [7, 11) is 1.74. The average molecular weight is 383 g/mol. The number of nitrogens with zero attached hydrogens (tertiary/aromatic N) is 2. The molecule has 1 aromatic heterocycles. The van der Waals surface area contributed by atoms with Crippen LogP contribution >= 0.6 is 0 Å². The third-order valence-corrected chi connectivity index (χ3v) is 5.57. The average Bonchev–Trinajstić information content (AvgIpc) is 3.19. The summed E-state index contributed by atoms with van der Waals surface area (Å²) in [6.45, 7) is 3.79. The van der Waals surface area contributed by atoms with Crippen molar-refractivity contribution < 1.29 is 14.3 Å². The molecule has 1 amide bonds. The Bertz CT molecular complexity index is 808. The van der Waals surface area contributed by atoms with Gasteiger partial charge in [-0.05, 0) is 38.2 Å². The number of aromatic nitrogens is 2. The molecular weight excluding hydrogens is 354 g/mol. The summed E-state index contributed by atoms with van der Waals surface area (Å²) in [4.78, 5) is 25.2. The molecule has 1 heterocycles. The highest BCUT2D eigenvalue weighted by atomic mass is 16.5. The predicted molar refractivity (Wildman–Crippen MR) is 108 cm³/mol. The number of carbonyl (C=O) groups is 2. The van der Waals surface area contributed by atoms with Gasteiger partial charge in [-0.25, -0.2) is 0 Å². The van der Waals surface area contributed by atoms with E-state index in [-0.39, 0.29) is 29.9 Å². The molecule has 2 aromatic rings. The summed E-state index contributed by atoms with van der Waals surface area (Å²) in [5.74, 6) is -0.236. The van der Waals surface area contributed by atoms with Gasteiger partial charge in [-0.2, -0.15) is 5.10 Å². The lowest BCUT2D eigenvalue weighted by Crippen LogP contribution is -2.40. The van der Waals surface area contributed by atoms with Crippen LogP contribution in [0.25, 0.3) is 0 Å². The van der Waals surface area contributed by atoms with Crippen molar-refractivity contribution in [2.75, 3.05) is 7.11 Å². The molecule has 3 rings (SSSR count). The summed E-state index contributed by atoms with van der Waals surface area (Å²) in [6, 6.07) is 11.5. The Morgan fingerprint density at radius 1 is 1.21 bits per heavy atom. The summed E-state index contributed by atoms with van der Waals surface area (Å²) in [6.07, 6.45) is 4.33. The quantitative estimate of drug-likeness (QED) is 0.739. The largest absolute Gasteiger partial charge is 0.381 e. The summed E-state index contributed by atoms with van der Waals surface area (Å²) in [5, 5.41) is 7.61. The first-order chi connectivity index (χ1) is 13.5. The molecule has 1 aromatic carbocycles. The number of amides is 1. The molecule has 1 N–H and O–H groups in total. The van der Waals surface area contributed by atoms with Crippen molar-refractivity contribution in [3.8, 4) is 0 Å². The van der Waals surface area contributed by atoms with E-state index in [1.54, 1.807) is 24.8 Å². The van der Waals surface area contributed by atoms with Crippen LogP contribution in [0.5, 0.6) is 0 Å². The van der Waals surface area contributed by atoms with Gasteiger partial charge < -0.3 is 10.1 Å². The Morgan fingerprint density at radius 3 is 2.50 bits per heavy atom. The lowest BCUT2D eigenvalue weighted by Gasteiger charge is -2.28. The maximum atomic E-state index is 13.0. The second-order valence-corrected chi connectivity index (χ2v) is 7.41. The van der Waals surface area contributed by atoms with E-state index in [9.17, 15) is 9.59 Å². The molecule has 1 saturated carbocycles. The van der Waals surface area contributed by atoms with Gasteiger partial charge in [0.05, 0.1) is 12.1 Å². The van der Waals surface area contributed by atoms with Crippen molar-refractivity contribution >= 4 is 11.7 Å². The lowest BCUT2D eigenvalue weighted by atomic mass is 9.93. The second kappa shape index (κ2) is 9.15. The summed E-state index contributed by atoms with van der Waals surface area (Å²) < 4.78 is 7.08. The first-order valence-corrected chi connectivity index (χ1v) is 10.0. The van der Waals surface area contributed by atoms with Crippen molar-refractivity contribution in [2.24, 2.45) is 0 Å². The molecule has 0 radical (unpaired) electrons. The summed E-state index contributed by atoms with van der Waals surface area (Å²) in [5.41, 5.74) is 1.82. The van der Waals surface area contributed by atoms with Crippen LogP contribution in [0.4, 0.5) is 0 Å². The van der Waals surface area contributed by atoms with Crippen molar-refractivity contribution in [3.05, 3.63) is 53.3 Å². The number of nitrogens with one attached hydrogen (secondary N) is 1. The monoisotopic (exact) mass is 383 g/mol. The van der Waals surface area contributed by atoms with Gasteiger partial charge in [-0.1, -0.05) is 37.3 Å². The highest BCUT2D eigenvalue weighted by Crippen LogP contribution is 2.23. The van der Waals surface area contributed by atoms with Crippen LogP contribution in [-0.2, 0) is 4.74 Å². The van der Waals surface area contributed by atoms with E-state index in [0.717, 1.165) is 31.2 Å². The predicted octanol–water partition coefficient (Wildman–Crippen LogP) is 3.77. The molecular formula is C22H29N3O3. The molecule has 28 heavy (non-hydrogen) atoms. The fraction of sp³-hybridized carbons (Fsp3) is 0.500. The van der Waals surface area contributed by atoms with E-state index in [1.165, 1.54) is 0 Å². The Kier molecular flexibility index (Phi) is 6.62. The minimum atomic E-state index is -0.175. The smallest absolute Gasteiger partial charge is 0.269 e. The number of hydrogen-bond donors (Lipinski definition) is 1. The van der Waals surface area contributed by atoms with Crippen LogP contribution in [0.3, 0.4) is 0 Å². The Morgan fingerprint density at radius 2 is 1.89 bits per heavy atom. The highest BCUT2D eigenvalue weighted by molar-refractivity contribution is 5.98. The fourth-order valence-electron chi connectivity index (χ4n) is 3.75. The fourth-order valence-corrected chi connectivity index (χ4v) is 3.75. The van der Waals surface area contributed by atoms with E-state index in [2.05, 4.69) is 10.4 Å². The van der Waals surface area contributed by atoms with Crippen LogP contribution < -0.4 is 5.32 Å². The minimum Gasteiger partial charge on any atom is -0.381 e. The van der Waals surface area contributed by atoms with E-state index in [1.807, 2.05) is 37.3 Å². The number of ether oxygens (including phenoxy) is 1. The molecule has 150 valence electrons. The summed E-state index contributed by atoms with van der Waals surface area (Å²) >= 11 is 0. The third kappa shape index (κ3) is 4.50. The number of ketones is 1. The number of benzene rings is 1. The van der Waals surface area contributed by atoms with Crippen molar-refractivity contribution in [2.45, 2.75) is 64.1 Å². The zero-order chi connectivity index (χ0) is 20.1. The first kappa shape index (κ1) is 20.3. The SMILES string of the molecule is CCC(=O)c1cc(C(=O)NC2CCC(OC)CC2)n([C@@H](C)c2ccccc2)n1. The van der Waals surface area contributed by atoms with Gasteiger partial charge in [0.2, 0.25) is 0 Å². The molecule has 0 bridgehead atoms. The van der Waals surface area contributed by atoms with Crippen molar-refractivity contribution in [1.82, 2.24) is 15.1 Å². The molecule has 0 unspecified atom stereocenters.